The molecule has 0 bridgehead atoms. The van der Waals surface area contributed by atoms with Crippen LogP contribution < -0.4 is 10.6 Å². The normalized spacial score (nSPS) is 17.0. The van der Waals surface area contributed by atoms with E-state index in [0.29, 0.717) is 13.0 Å². The van der Waals surface area contributed by atoms with Gasteiger partial charge in [-0.3, -0.25) is 9.59 Å². The summed E-state index contributed by atoms with van der Waals surface area (Å²) in [5.74, 6) is -0.0400. The molecule has 0 spiro atoms. The number of thiophene rings is 1. The zero-order chi connectivity index (χ0) is 16.7. The second kappa shape index (κ2) is 6.03. The molecule has 3 heterocycles. The Balaban J connectivity index is 1.48. The molecule has 5 nitrogen and oxygen atoms in total. The summed E-state index contributed by atoms with van der Waals surface area (Å²) in [6.07, 6.45) is 1.29. The van der Waals surface area contributed by atoms with Gasteiger partial charge in [-0.2, -0.15) is 0 Å². The third-order valence-electron chi connectivity index (χ3n) is 4.45. The van der Waals surface area contributed by atoms with Crippen molar-refractivity contribution in [3.05, 3.63) is 50.7 Å². The molecule has 1 aromatic carbocycles. The van der Waals surface area contributed by atoms with Gasteiger partial charge in [-0.25, -0.2) is 0 Å². The highest BCUT2D eigenvalue weighted by Gasteiger charge is 2.21. The summed E-state index contributed by atoms with van der Waals surface area (Å²) in [5.41, 5.74) is 3.99. The van der Waals surface area contributed by atoms with Crippen molar-refractivity contribution in [1.29, 1.82) is 0 Å². The van der Waals surface area contributed by atoms with Crippen LogP contribution in [-0.4, -0.2) is 18.4 Å². The van der Waals surface area contributed by atoms with E-state index in [0.717, 1.165) is 40.3 Å². The van der Waals surface area contributed by atoms with E-state index in [1.165, 1.54) is 4.88 Å². The number of rotatable bonds is 3. The van der Waals surface area contributed by atoms with E-state index >= 15 is 0 Å². The lowest BCUT2D eigenvalue weighted by atomic mass is 10.0. The molecule has 1 atom stereocenters. The fourth-order valence-electron chi connectivity index (χ4n) is 3.13. The molecule has 6 heteroatoms. The van der Waals surface area contributed by atoms with Crippen LogP contribution in [0.15, 0.2) is 24.3 Å². The number of anilines is 1. The van der Waals surface area contributed by atoms with E-state index in [9.17, 15) is 9.59 Å². The highest BCUT2D eigenvalue weighted by molar-refractivity contribution is 7.14. The molecule has 0 aliphatic carbocycles. The first-order valence-corrected chi connectivity index (χ1v) is 8.84. The van der Waals surface area contributed by atoms with Crippen LogP contribution in [0, 0.1) is 0 Å². The predicted molar refractivity (Wildman–Crippen MR) is 92.3 cm³/mol. The molecule has 0 unspecified atom stereocenters. The first kappa shape index (κ1) is 15.4. The maximum absolute atomic E-state index is 12.5. The molecule has 124 valence electrons. The lowest BCUT2D eigenvalue weighted by Crippen LogP contribution is -2.25. The van der Waals surface area contributed by atoms with E-state index < -0.39 is 0 Å². The standard InChI is InChI=1S/C18H18N2O3S/c1-10(11-2-3-14-12(6-11)8-17(21)20-14)19-18(22)16-7-13-9-23-5-4-15(13)24-16/h2-3,6-7,10H,4-5,8-9H2,1H3,(H,19,22)(H,20,21)/t10-/m1/s1. The summed E-state index contributed by atoms with van der Waals surface area (Å²) in [6.45, 7) is 3.29. The van der Waals surface area contributed by atoms with Gasteiger partial charge >= 0.3 is 0 Å². The van der Waals surface area contributed by atoms with Crippen molar-refractivity contribution >= 4 is 28.8 Å². The maximum atomic E-state index is 12.5. The van der Waals surface area contributed by atoms with Crippen LogP contribution in [0.1, 0.15) is 44.2 Å². The Hall–Kier alpha value is -2.18. The zero-order valence-electron chi connectivity index (χ0n) is 13.3. The van der Waals surface area contributed by atoms with Crippen molar-refractivity contribution in [2.24, 2.45) is 0 Å². The minimum Gasteiger partial charge on any atom is -0.376 e. The second-order valence-corrected chi connectivity index (χ2v) is 7.34. The first-order chi connectivity index (χ1) is 11.6. The molecule has 2 aromatic rings. The lowest BCUT2D eigenvalue weighted by molar-refractivity contribution is -0.115. The Kier molecular flexibility index (Phi) is 3.86. The van der Waals surface area contributed by atoms with Crippen LogP contribution in [0.3, 0.4) is 0 Å². The quantitative estimate of drug-likeness (QED) is 0.901. The summed E-state index contributed by atoms with van der Waals surface area (Å²) >= 11 is 1.55. The topological polar surface area (TPSA) is 67.4 Å². The number of hydrogen-bond acceptors (Lipinski definition) is 4. The van der Waals surface area contributed by atoms with Gasteiger partial charge in [-0.15, -0.1) is 11.3 Å². The number of ether oxygens (including phenoxy) is 1. The van der Waals surface area contributed by atoms with E-state index in [1.807, 2.05) is 31.2 Å². The second-order valence-electron chi connectivity index (χ2n) is 6.20. The third kappa shape index (κ3) is 2.83. The third-order valence-corrected chi connectivity index (χ3v) is 5.69. The molecule has 2 aliphatic rings. The van der Waals surface area contributed by atoms with Gasteiger partial charge < -0.3 is 15.4 Å². The number of amides is 2. The van der Waals surface area contributed by atoms with Crippen LogP contribution in [0.25, 0.3) is 0 Å². The van der Waals surface area contributed by atoms with Gasteiger partial charge in [0.1, 0.15) is 0 Å². The van der Waals surface area contributed by atoms with Crippen LogP contribution in [0.4, 0.5) is 5.69 Å². The Morgan fingerprint density at radius 3 is 3.04 bits per heavy atom. The Bertz CT molecular complexity index is 804. The molecule has 0 saturated heterocycles. The number of nitrogens with one attached hydrogen (secondary N) is 2. The molecular weight excluding hydrogens is 324 g/mol. The number of fused-ring (bicyclic) bond motifs is 2. The lowest BCUT2D eigenvalue weighted by Gasteiger charge is -2.14. The number of carbonyl (C=O) groups is 2. The predicted octanol–water partition coefficient (Wildman–Crippen LogP) is 2.81. The van der Waals surface area contributed by atoms with E-state index in [1.54, 1.807) is 11.3 Å². The molecule has 2 N–H and O–H groups in total. The monoisotopic (exact) mass is 342 g/mol. The Morgan fingerprint density at radius 1 is 1.33 bits per heavy atom. The van der Waals surface area contributed by atoms with Gasteiger partial charge in [0.2, 0.25) is 5.91 Å². The van der Waals surface area contributed by atoms with Gasteiger partial charge in [-0.1, -0.05) is 12.1 Å². The van der Waals surface area contributed by atoms with Gasteiger partial charge in [0.25, 0.3) is 5.91 Å². The fraction of sp³-hybridized carbons (Fsp3) is 0.333. The molecule has 2 amide bonds. The zero-order valence-corrected chi connectivity index (χ0v) is 14.2. The maximum Gasteiger partial charge on any atom is 0.261 e. The van der Waals surface area contributed by atoms with E-state index in [2.05, 4.69) is 10.6 Å². The van der Waals surface area contributed by atoms with Crippen molar-refractivity contribution in [3.63, 3.8) is 0 Å². The average molecular weight is 342 g/mol. The van der Waals surface area contributed by atoms with Gasteiger partial charge in [0, 0.05) is 17.0 Å². The summed E-state index contributed by atoms with van der Waals surface area (Å²) in [6, 6.07) is 7.66. The van der Waals surface area contributed by atoms with Crippen LogP contribution >= 0.6 is 11.3 Å². The average Bonchev–Trinajstić information content (AvgIpc) is 3.15. The number of carbonyl (C=O) groups excluding carboxylic acids is 2. The van der Waals surface area contributed by atoms with Gasteiger partial charge in [-0.05, 0) is 35.7 Å². The van der Waals surface area contributed by atoms with Crippen molar-refractivity contribution in [3.8, 4) is 0 Å². The smallest absolute Gasteiger partial charge is 0.261 e. The summed E-state index contributed by atoms with van der Waals surface area (Å²) < 4.78 is 5.43. The molecule has 4 rings (SSSR count). The SMILES string of the molecule is C[C@@H](NC(=O)c1cc2c(s1)CCOC2)c1ccc2c(c1)CC(=O)N2. The van der Waals surface area contributed by atoms with Crippen molar-refractivity contribution < 1.29 is 14.3 Å². The van der Waals surface area contributed by atoms with Crippen molar-refractivity contribution in [1.82, 2.24) is 5.32 Å². The Labute approximate surface area is 144 Å². The first-order valence-electron chi connectivity index (χ1n) is 8.03. The van der Waals surface area contributed by atoms with E-state index in [4.69, 9.17) is 4.74 Å². The summed E-state index contributed by atoms with van der Waals surface area (Å²) in [4.78, 5) is 26.0. The molecule has 24 heavy (non-hydrogen) atoms. The summed E-state index contributed by atoms with van der Waals surface area (Å²) in [7, 11) is 0. The highest BCUT2D eigenvalue weighted by Crippen LogP contribution is 2.29. The fourth-order valence-corrected chi connectivity index (χ4v) is 4.18. The molecule has 0 fully saturated rings. The Morgan fingerprint density at radius 2 is 2.21 bits per heavy atom. The molecular formula is C18H18N2O3S. The van der Waals surface area contributed by atoms with Gasteiger partial charge in [0.15, 0.2) is 0 Å². The van der Waals surface area contributed by atoms with E-state index in [-0.39, 0.29) is 17.9 Å². The number of hydrogen-bond donors (Lipinski definition) is 2. The number of benzene rings is 1. The molecule has 2 aliphatic heterocycles. The van der Waals surface area contributed by atoms with Crippen LogP contribution in [0.5, 0.6) is 0 Å². The van der Waals surface area contributed by atoms with Crippen molar-refractivity contribution in [2.75, 3.05) is 11.9 Å². The van der Waals surface area contributed by atoms with Crippen molar-refractivity contribution in [2.45, 2.75) is 32.4 Å². The van der Waals surface area contributed by atoms with Gasteiger partial charge in [0.05, 0.1) is 30.6 Å². The minimum absolute atomic E-state index is 0.0187. The highest BCUT2D eigenvalue weighted by atomic mass is 32.1. The molecule has 0 saturated carbocycles. The minimum atomic E-state index is -0.117. The van der Waals surface area contributed by atoms with Crippen LogP contribution in [0.2, 0.25) is 0 Å². The van der Waals surface area contributed by atoms with Crippen LogP contribution in [-0.2, 0) is 29.0 Å². The molecule has 0 radical (unpaired) electrons. The summed E-state index contributed by atoms with van der Waals surface area (Å²) in [5, 5.41) is 5.87. The molecule has 1 aromatic heterocycles. The largest absolute Gasteiger partial charge is 0.376 e.